The molecule has 0 aromatic rings. The number of amides is 1. The summed E-state index contributed by atoms with van der Waals surface area (Å²) >= 11 is 0. The first-order valence-electron chi connectivity index (χ1n) is 8.61. The van der Waals surface area contributed by atoms with Crippen LogP contribution in [0, 0.1) is 17.8 Å². The number of nitrogens with zero attached hydrogens (tertiary/aromatic N) is 1. The number of rotatable bonds is 6. The summed E-state index contributed by atoms with van der Waals surface area (Å²) in [5.74, 6) is 1.89. The number of carbonyl (C=O) groups excluding carboxylic acids is 1. The van der Waals surface area contributed by atoms with Gasteiger partial charge < -0.3 is 13.9 Å². The highest BCUT2D eigenvalue weighted by atomic mass is 31.2. The lowest BCUT2D eigenvalue weighted by Gasteiger charge is -2.43. The van der Waals surface area contributed by atoms with Crippen LogP contribution in [-0.2, 0) is 18.4 Å². The molecule has 0 bridgehead atoms. The number of fused-ring (bicyclic) bond motifs is 1. The molecular formula is C16H30NO4P. The second kappa shape index (κ2) is 7.94. The van der Waals surface area contributed by atoms with Crippen molar-refractivity contribution >= 4 is 13.5 Å². The Morgan fingerprint density at radius 3 is 2.41 bits per heavy atom. The Labute approximate surface area is 134 Å². The van der Waals surface area contributed by atoms with Gasteiger partial charge in [-0.05, 0) is 57.3 Å². The second-order valence-corrected chi connectivity index (χ2v) is 8.69. The molecule has 2 aliphatic rings. The summed E-state index contributed by atoms with van der Waals surface area (Å²) < 4.78 is 23.6. The van der Waals surface area contributed by atoms with Gasteiger partial charge in [0.05, 0.1) is 19.4 Å². The Balaban J connectivity index is 1.90. The SMILES string of the molecule is CCOP(=O)(CC1CCC2CN(C(C)=O)CCC2C1)OCC. The smallest absolute Gasteiger partial charge is 0.330 e. The summed E-state index contributed by atoms with van der Waals surface area (Å²) in [5.41, 5.74) is 0. The molecule has 1 amide bonds. The Morgan fingerprint density at radius 2 is 1.82 bits per heavy atom. The van der Waals surface area contributed by atoms with Gasteiger partial charge in [-0.2, -0.15) is 0 Å². The zero-order chi connectivity index (χ0) is 16.2. The van der Waals surface area contributed by atoms with E-state index in [2.05, 4.69) is 0 Å². The molecule has 2 fully saturated rings. The van der Waals surface area contributed by atoms with Crippen LogP contribution in [0.5, 0.6) is 0 Å². The van der Waals surface area contributed by atoms with Gasteiger partial charge in [0, 0.05) is 20.0 Å². The molecule has 3 atom stereocenters. The standard InChI is InChI=1S/C16H30NO4P/c1-4-20-22(19,21-5-2)12-14-6-7-16-11-17(13(3)18)9-8-15(16)10-14/h14-16H,4-12H2,1-3H3. The number of hydrogen-bond acceptors (Lipinski definition) is 4. The molecule has 0 radical (unpaired) electrons. The predicted molar refractivity (Wildman–Crippen MR) is 86.9 cm³/mol. The Bertz CT molecular complexity index is 418. The van der Waals surface area contributed by atoms with Crippen molar-refractivity contribution in [3.8, 4) is 0 Å². The quantitative estimate of drug-likeness (QED) is 0.699. The molecule has 128 valence electrons. The first kappa shape index (κ1) is 18.0. The van der Waals surface area contributed by atoms with Gasteiger partial charge in [0.25, 0.3) is 0 Å². The Morgan fingerprint density at radius 1 is 1.14 bits per heavy atom. The van der Waals surface area contributed by atoms with Gasteiger partial charge >= 0.3 is 7.60 Å². The monoisotopic (exact) mass is 331 g/mol. The molecule has 1 heterocycles. The van der Waals surface area contributed by atoms with Crippen molar-refractivity contribution in [3.05, 3.63) is 0 Å². The van der Waals surface area contributed by atoms with Gasteiger partial charge in [-0.15, -0.1) is 0 Å². The molecule has 1 aliphatic carbocycles. The van der Waals surface area contributed by atoms with E-state index in [1.54, 1.807) is 6.92 Å². The molecule has 0 aromatic carbocycles. The summed E-state index contributed by atoms with van der Waals surface area (Å²) in [6.45, 7) is 8.03. The van der Waals surface area contributed by atoms with Gasteiger partial charge in [-0.25, -0.2) is 0 Å². The molecular weight excluding hydrogens is 301 g/mol. The third kappa shape index (κ3) is 4.56. The molecule has 1 saturated carbocycles. The van der Waals surface area contributed by atoms with E-state index in [0.717, 1.165) is 38.8 Å². The van der Waals surface area contributed by atoms with E-state index in [1.807, 2.05) is 18.7 Å². The van der Waals surface area contributed by atoms with Crippen LogP contribution < -0.4 is 0 Å². The summed E-state index contributed by atoms with van der Waals surface area (Å²) in [5, 5.41) is 0. The average molecular weight is 331 g/mol. The van der Waals surface area contributed by atoms with Crippen LogP contribution >= 0.6 is 7.60 Å². The average Bonchev–Trinajstić information content (AvgIpc) is 2.46. The first-order chi connectivity index (χ1) is 10.5. The van der Waals surface area contributed by atoms with Crippen molar-refractivity contribution in [2.75, 3.05) is 32.5 Å². The Hall–Kier alpha value is -0.380. The minimum Gasteiger partial charge on any atom is -0.343 e. The van der Waals surface area contributed by atoms with E-state index in [1.165, 1.54) is 0 Å². The van der Waals surface area contributed by atoms with Crippen molar-refractivity contribution in [3.63, 3.8) is 0 Å². The van der Waals surface area contributed by atoms with E-state index in [9.17, 15) is 9.36 Å². The maximum absolute atomic E-state index is 12.7. The maximum atomic E-state index is 12.7. The van der Waals surface area contributed by atoms with Crippen molar-refractivity contribution < 1.29 is 18.4 Å². The highest BCUT2D eigenvalue weighted by Crippen LogP contribution is 2.53. The fraction of sp³-hybridized carbons (Fsp3) is 0.938. The lowest BCUT2D eigenvalue weighted by molar-refractivity contribution is -0.132. The minimum absolute atomic E-state index is 0.192. The van der Waals surface area contributed by atoms with Crippen LogP contribution in [0.4, 0.5) is 0 Å². The number of carbonyl (C=O) groups is 1. The van der Waals surface area contributed by atoms with E-state index < -0.39 is 7.60 Å². The predicted octanol–water partition coefficient (Wildman–Crippen LogP) is 3.54. The highest BCUT2D eigenvalue weighted by molar-refractivity contribution is 7.53. The van der Waals surface area contributed by atoms with Gasteiger partial charge in [0.2, 0.25) is 5.91 Å². The minimum atomic E-state index is -2.93. The third-order valence-electron chi connectivity index (χ3n) is 5.05. The second-order valence-electron chi connectivity index (χ2n) is 6.58. The van der Waals surface area contributed by atoms with E-state index in [4.69, 9.17) is 9.05 Å². The molecule has 22 heavy (non-hydrogen) atoms. The van der Waals surface area contributed by atoms with Crippen LogP contribution in [0.25, 0.3) is 0 Å². The lowest BCUT2D eigenvalue weighted by atomic mass is 9.71. The lowest BCUT2D eigenvalue weighted by Crippen LogP contribution is -2.45. The molecule has 5 nitrogen and oxygen atoms in total. The molecule has 1 aliphatic heterocycles. The van der Waals surface area contributed by atoms with Gasteiger partial charge in [-0.1, -0.05) is 0 Å². The van der Waals surface area contributed by atoms with Gasteiger partial charge in [0.1, 0.15) is 0 Å². The number of piperidine rings is 1. The highest BCUT2D eigenvalue weighted by Gasteiger charge is 2.38. The summed E-state index contributed by atoms with van der Waals surface area (Å²) in [6, 6.07) is 0. The zero-order valence-electron chi connectivity index (χ0n) is 14.1. The maximum Gasteiger partial charge on any atom is 0.330 e. The molecule has 0 N–H and O–H groups in total. The number of likely N-dealkylation sites (tertiary alicyclic amines) is 1. The topological polar surface area (TPSA) is 55.8 Å². The summed E-state index contributed by atoms with van der Waals surface area (Å²) in [7, 11) is -2.93. The van der Waals surface area contributed by atoms with Crippen molar-refractivity contribution in [1.29, 1.82) is 0 Å². The van der Waals surface area contributed by atoms with Crippen molar-refractivity contribution in [1.82, 2.24) is 4.90 Å². The largest absolute Gasteiger partial charge is 0.343 e. The Kier molecular flexibility index (Phi) is 6.48. The van der Waals surface area contributed by atoms with E-state index >= 15 is 0 Å². The third-order valence-corrected chi connectivity index (χ3v) is 7.32. The van der Waals surface area contributed by atoms with Gasteiger partial charge in [-0.3, -0.25) is 9.36 Å². The number of hydrogen-bond donors (Lipinski definition) is 0. The zero-order valence-corrected chi connectivity index (χ0v) is 15.0. The van der Waals surface area contributed by atoms with Crippen LogP contribution in [0.1, 0.15) is 46.5 Å². The van der Waals surface area contributed by atoms with Crippen LogP contribution in [-0.4, -0.2) is 43.3 Å². The first-order valence-corrected chi connectivity index (χ1v) is 10.3. The molecule has 0 spiro atoms. The van der Waals surface area contributed by atoms with Crippen molar-refractivity contribution in [2.24, 2.45) is 17.8 Å². The molecule has 1 saturated heterocycles. The molecule has 0 aromatic heterocycles. The normalized spacial score (nSPS) is 29.2. The van der Waals surface area contributed by atoms with E-state index in [0.29, 0.717) is 37.1 Å². The van der Waals surface area contributed by atoms with Crippen LogP contribution in [0.2, 0.25) is 0 Å². The summed E-state index contributed by atoms with van der Waals surface area (Å²) in [4.78, 5) is 13.5. The summed E-state index contributed by atoms with van der Waals surface area (Å²) in [6.07, 6.45) is 4.91. The fourth-order valence-electron chi connectivity index (χ4n) is 4.02. The fourth-order valence-corrected chi connectivity index (χ4v) is 6.05. The molecule has 3 unspecified atom stereocenters. The van der Waals surface area contributed by atoms with Gasteiger partial charge in [0.15, 0.2) is 0 Å². The van der Waals surface area contributed by atoms with Crippen molar-refractivity contribution in [2.45, 2.75) is 46.5 Å². The molecule has 6 heteroatoms. The van der Waals surface area contributed by atoms with E-state index in [-0.39, 0.29) is 5.91 Å². The van der Waals surface area contributed by atoms with Crippen LogP contribution in [0.3, 0.4) is 0 Å². The molecule has 2 rings (SSSR count). The van der Waals surface area contributed by atoms with Crippen LogP contribution in [0.15, 0.2) is 0 Å².